The lowest BCUT2D eigenvalue weighted by Gasteiger charge is -2.29. The number of para-hydroxylation sites is 4. The molecule has 5 heteroatoms. The number of pyridine rings is 1. The molecule has 5 heterocycles. The van der Waals surface area contributed by atoms with Crippen molar-refractivity contribution in [2.75, 3.05) is 9.80 Å². The highest BCUT2D eigenvalue weighted by atomic mass is 15.2. The SMILES string of the molecule is CC(C)(C)c1cc(N(c2ccccc2)c2ccccc2)c2c(c1)c1c3ccccc3cc3c4c5c6cc(C(C)(C)C)cc7c8c9ccccc9cc(N(c9ccccc9)c9ccccc9)c8n(c5cnc4n2c31)c67. The van der Waals surface area contributed by atoms with Gasteiger partial charge in [-0.25, -0.2) is 4.98 Å². The average molecular weight is 952 g/mol. The molecular weight excluding hydrogens is 899 g/mol. The van der Waals surface area contributed by atoms with Crippen LogP contribution < -0.4 is 9.80 Å². The van der Waals surface area contributed by atoms with Crippen molar-refractivity contribution in [1.29, 1.82) is 0 Å². The zero-order chi connectivity index (χ0) is 49.8. The van der Waals surface area contributed by atoms with E-state index in [0.717, 1.165) is 50.8 Å². The number of aromatic nitrogens is 3. The van der Waals surface area contributed by atoms with Crippen LogP contribution in [0.5, 0.6) is 0 Å². The Hall–Kier alpha value is -8.93. The molecule has 5 nitrogen and oxygen atoms in total. The fourth-order valence-corrected chi connectivity index (χ4v) is 12.6. The summed E-state index contributed by atoms with van der Waals surface area (Å²) in [5, 5.41) is 14.8. The number of rotatable bonds is 6. The van der Waals surface area contributed by atoms with E-state index < -0.39 is 0 Å². The number of anilines is 6. The maximum atomic E-state index is 5.79. The molecule has 5 aromatic heterocycles. The van der Waals surface area contributed by atoms with Crippen molar-refractivity contribution in [3.8, 4) is 0 Å². The number of hydrogen-bond donors (Lipinski definition) is 0. The van der Waals surface area contributed by atoms with Crippen LogP contribution in [0.3, 0.4) is 0 Å². The van der Waals surface area contributed by atoms with Crippen molar-refractivity contribution in [3.63, 3.8) is 0 Å². The first kappa shape index (κ1) is 42.7. The molecule has 0 saturated heterocycles. The van der Waals surface area contributed by atoms with Crippen LogP contribution in [-0.2, 0) is 10.8 Å². The summed E-state index contributed by atoms with van der Waals surface area (Å²) in [5.74, 6) is 0. The minimum atomic E-state index is -0.138. The van der Waals surface area contributed by atoms with Crippen LogP contribution in [0.25, 0.3) is 97.9 Å². The second-order valence-corrected chi connectivity index (χ2v) is 22.4. The first-order valence-electron chi connectivity index (χ1n) is 26.0. The van der Waals surface area contributed by atoms with Crippen LogP contribution in [0.2, 0.25) is 0 Å². The molecule has 0 radical (unpaired) electrons. The van der Waals surface area contributed by atoms with Crippen LogP contribution in [0, 0.1) is 0 Å². The normalized spacial score (nSPS) is 12.7. The topological polar surface area (TPSA) is 28.2 Å². The predicted molar refractivity (Wildman–Crippen MR) is 315 cm³/mol. The molecule has 0 saturated carbocycles. The first-order valence-corrected chi connectivity index (χ1v) is 26.0. The van der Waals surface area contributed by atoms with Gasteiger partial charge in [0.05, 0.1) is 45.2 Å². The Morgan fingerprint density at radius 2 is 0.743 bits per heavy atom. The van der Waals surface area contributed by atoms with E-state index in [1.54, 1.807) is 0 Å². The summed E-state index contributed by atoms with van der Waals surface area (Å²) in [6.45, 7) is 14.1. The van der Waals surface area contributed by atoms with Crippen molar-refractivity contribution >= 4 is 132 Å². The Kier molecular flexibility index (Phi) is 8.83. The molecule has 0 fully saturated rings. The van der Waals surface area contributed by atoms with Gasteiger partial charge in [0.25, 0.3) is 0 Å². The quantitative estimate of drug-likeness (QED) is 0.166. The second kappa shape index (κ2) is 15.3. The highest BCUT2D eigenvalue weighted by molar-refractivity contribution is 6.40. The summed E-state index contributed by atoms with van der Waals surface area (Å²) in [6.07, 6.45) is 2.19. The molecule has 0 spiro atoms. The van der Waals surface area contributed by atoms with E-state index in [1.165, 1.54) is 92.3 Å². The Morgan fingerprint density at radius 3 is 1.26 bits per heavy atom. The number of hydrogen-bond acceptors (Lipinski definition) is 3. The largest absolute Gasteiger partial charge is 0.308 e. The van der Waals surface area contributed by atoms with Gasteiger partial charge in [-0.05, 0) is 128 Å². The molecule has 0 unspecified atom stereocenters. The van der Waals surface area contributed by atoms with Crippen LogP contribution in [0.15, 0.2) is 212 Å². The van der Waals surface area contributed by atoms with Crippen LogP contribution >= 0.6 is 0 Å². The Morgan fingerprint density at radius 1 is 0.338 bits per heavy atom. The third-order valence-electron chi connectivity index (χ3n) is 16.0. The molecule has 0 N–H and O–H groups in total. The maximum absolute atomic E-state index is 5.79. The van der Waals surface area contributed by atoms with E-state index in [1.807, 2.05) is 0 Å². The fourth-order valence-electron chi connectivity index (χ4n) is 12.6. The lowest BCUT2D eigenvalue weighted by Crippen LogP contribution is -2.15. The molecule has 0 aliphatic heterocycles. The van der Waals surface area contributed by atoms with E-state index in [2.05, 4.69) is 273 Å². The Bertz CT molecular complexity index is 4630. The van der Waals surface area contributed by atoms with Crippen LogP contribution in [0.4, 0.5) is 34.1 Å². The number of nitrogens with zero attached hydrogens (tertiary/aromatic N) is 5. The van der Waals surface area contributed by atoms with Crippen molar-refractivity contribution < 1.29 is 0 Å². The van der Waals surface area contributed by atoms with Gasteiger partial charge in [-0.15, -0.1) is 0 Å². The van der Waals surface area contributed by atoms with Gasteiger partial charge in [0.1, 0.15) is 5.65 Å². The lowest BCUT2D eigenvalue weighted by atomic mass is 9.85. The van der Waals surface area contributed by atoms with E-state index in [-0.39, 0.29) is 10.8 Å². The van der Waals surface area contributed by atoms with Crippen molar-refractivity contribution in [3.05, 3.63) is 224 Å². The van der Waals surface area contributed by atoms with Crippen molar-refractivity contribution in [2.45, 2.75) is 52.4 Å². The van der Waals surface area contributed by atoms with E-state index in [0.29, 0.717) is 0 Å². The molecule has 10 aromatic carbocycles. The van der Waals surface area contributed by atoms with Gasteiger partial charge in [-0.3, -0.25) is 4.40 Å². The highest BCUT2D eigenvalue weighted by Gasteiger charge is 2.32. The first-order chi connectivity index (χ1) is 36.0. The lowest BCUT2D eigenvalue weighted by molar-refractivity contribution is 0.591. The highest BCUT2D eigenvalue weighted by Crippen LogP contribution is 2.54. The smallest absolute Gasteiger partial charge is 0.146 e. The predicted octanol–water partition coefficient (Wildman–Crippen LogP) is 19.2. The molecule has 0 amide bonds. The summed E-state index contributed by atoms with van der Waals surface area (Å²) >= 11 is 0. The van der Waals surface area contributed by atoms with Crippen LogP contribution in [-0.4, -0.2) is 13.8 Å². The second-order valence-electron chi connectivity index (χ2n) is 22.4. The summed E-state index contributed by atoms with van der Waals surface area (Å²) in [7, 11) is 0. The standard InChI is InChI=1S/C69H53N5/c1-68(2,3)44-37-53-60-51-34-22-20-24-43(51)36-56(71(46-25-11-7-12-26-46)47-27-13-8-14-28-47)66(60)73-58-41-70-67-62(61(58)55(38-44)63(53)73)52-35-42-23-19-21-33-50(42)59-54-39-45(69(4,5)6)40-57(64(54)74(67)65(52)59)72(48-29-15-9-16-30-48)49-31-17-10-18-32-49/h7-41H,1-6H3. The zero-order valence-corrected chi connectivity index (χ0v) is 42.4. The van der Waals surface area contributed by atoms with Gasteiger partial charge < -0.3 is 14.2 Å². The molecule has 0 bridgehead atoms. The van der Waals surface area contributed by atoms with Gasteiger partial charge >= 0.3 is 0 Å². The van der Waals surface area contributed by atoms with Crippen LogP contribution in [0.1, 0.15) is 52.7 Å². The fraction of sp³-hybridized carbons (Fsp3) is 0.116. The number of benzene rings is 10. The zero-order valence-electron chi connectivity index (χ0n) is 42.4. The van der Waals surface area contributed by atoms with Gasteiger partial charge in [0.15, 0.2) is 0 Å². The molecule has 74 heavy (non-hydrogen) atoms. The minimum absolute atomic E-state index is 0.134. The molecule has 0 aliphatic rings. The van der Waals surface area contributed by atoms with E-state index >= 15 is 0 Å². The Balaban J connectivity index is 1.18. The van der Waals surface area contributed by atoms with Crippen molar-refractivity contribution in [1.82, 2.24) is 13.8 Å². The summed E-state index contributed by atoms with van der Waals surface area (Å²) < 4.78 is 5.11. The molecule has 15 aromatic rings. The summed E-state index contributed by atoms with van der Waals surface area (Å²) in [5.41, 5.74) is 15.8. The third-order valence-corrected chi connectivity index (χ3v) is 16.0. The molecule has 354 valence electrons. The average Bonchev–Trinajstić information content (AvgIpc) is 4.16. The molecular formula is C69H53N5. The molecule has 0 atom stereocenters. The summed E-state index contributed by atoms with van der Waals surface area (Å²) in [4.78, 5) is 10.7. The third kappa shape index (κ3) is 5.95. The van der Waals surface area contributed by atoms with Gasteiger partial charge in [0.2, 0.25) is 0 Å². The summed E-state index contributed by atoms with van der Waals surface area (Å²) in [6, 6.07) is 76.2. The van der Waals surface area contributed by atoms with Gasteiger partial charge in [0, 0.05) is 65.8 Å². The van der Waals surface area contributed by atoms with Crippen molar-refractivity contribution in [2.24, 2.45) is 0 Å². The van der Waals surface area contributed by atoms with Gasteiger partial charge in [-0.1, -0.05) is 163 Å². The molecule has 0 aliphatic carbocycles. The van der Waals surface area contributed by atoms with E-state index in [4.69, 9.17) is 4.98 Å². The van der Waals surface area contributed by atoms with Gasteiger partial charge in [-0.2, -0.15) is 0 Å². The Labute approximate surface area is 429 Å². The number of fused-ring (bicyclic) bond motifs is 17. The molecule has 15 rings (SSSR count). The maximum Gasteiger partial charge on any atom is 0.146 e. The monoisotopic (exact) mass is 951 g/mol. The van der Waals surface area contributed by atoms with E-state index in [9.17, 15) is 0 Å². The minimum Gasteiger partial charge on any atom is -0.308 e.